The highest BCUT2D eigenvalue weighted by molar-refractivity contribution is 5.97. The van der Waals surface area contributed by atoms with Crippen LogP contribution in [0.3, 0.4) is 0 Å². The Hall–Kier alpha value is -2.44. The molecule has 0 atom stereocenters. The molecule has 1 fully saturated rings. The van der Waals surface area contributed by atoms with Crippen molar-refractivity contribution in [3.8, 4) is 11.5 Å². The topological polar surface area (TPSA) is 71.1 Å². The average molecular weight is 335 g/mol. The molecule has 7 heteroatoms. The highest BCUT2D eigenvalue weighted by Crippen LogP contribution is 2.26. The van der Waals surface area contributed by atoms with Crippen LogP contribution in [0.4, 0.5) is 4.79 Å². The summed E-state index contributed by atoms with van der Waals surface area (Å²) in [6, 6.07) is 5.15. The number of amides is 3. The van der Waals surface area contributed by atoms with E-state index in [1.54, 1.807) is 35.1 Å². The molecule has 0 saturated carbocycles. The summed E-state index contributed by atoms with van der Waals surface area (Å²) in [6.45, 7) is 5.88. The molecule has 1 heterocycles. The van der Waals surface area contributed by atoms with Gasteiger partial charge < -0.3 is 24.6 Å². The van der Waals surface area contributed by atoms with Crippen molar-refractivity contribution in [2.75, 3.05) is 40.4 Å². The lowest BCUT2D eigenvalue weighted by Crippen LogP contribution is -2.54. The van der Waals surface area contributed by atoms with Crippen molar-refractivity contribution in [2.24, 2.45) is 0 Å². The molecule has 0 unspecified atom stereocenters. The molecule has 0 radical (unpaired) electrons. The first-order valence-corrected chi connectivity index (χ1v) is 8.03. The van der Waals surface area contributed by atoms with Gasteiger partial charge in [0.25, 0.3) is 5.91 Å². The Labute approximate surface area is 142 Å². The molecule has 1 aliphatic heterocycles. The third-order valence-corrected chi connectivity index (χ3v) is 3.91. The second kappa shape index (κ2) is 7.90. The summed E-state index contributed by atoms with van der Waals surface area (Å²) in [4.78, 5) is 28.2. The van der Waals surface area contributed by atoms with Gasteiger partial charge in [-0.25, -0.2) is 4.79 Å². The zero-order valence-electron chi connectivity index (χ0n) is 14.7. The van der Waals surface area contributed by atoms with E-state index >= 15 is 0 Å². The third-order valence-electron chi connectivity index (χ3n) is 3.91. The summed E-state index contributed by atoms with van der Waals surface area (Å²) in [5.74, 6) is 1.02. The second-order valence-corrected chi connectivity index (χ2v) is 5.95. The molecule has 0 spiro atoms. The minimum absolute atomic E-state index is 0.0841. The molecular formula is C17H25N3O4. The highest BCUT2D eigenvalue weighted by Gasteiger charge is 2.26. The van der Waals surface area contributed by atoms with Gasteiger partial charge in [-0.05, 0) is 26.0 Å². The first kappa shape index (κ1) is 17.9. The van der Waals surface area contributed by atoms with Crippen LogP contribution in [0, 0.1) is 0 Å². The molecule has 1 aromatic rings. The third kappa shape index (κ3) is 4.10. The molecule has 0 bridgehead atoms. The van der Waals surface area contributed by atoms with Crippen molar-refractivity contribution in [3.63, 3.8) is 0 Å². The van der Waals surface area contributed by atoms with Crippen molar-refractivity contribution >= 4 is 11.9 Å². The number of hydrogen-bond acceptors (Lipinski definition) is 4. The molecule has 24 heavy (non-hydrogen) atoms. The van der Waals surface area contributed by atoms with Crippen LogP contribution in [-0.2, 0) is 0 Å². The molecule has 1 aromatic carbocycles. The first-order chi connectivity index (χ1) is 11.5. The molecular weight excluding hydrogens is 310 g/mol. The lowest BCUT2D eigenvalue weighted by Gasteiger charge is -2.35. The van der Waals surface area contributed by atoms with E-state index in [0.29, 0.717) is 43.2 Å². The normalized spacial score (nSPS) is 14.5. The number of carbonyl (C=O) groups is 2. The minimum atomic E-state index is -0.0987. The Kier molecular flexibility index (Phi) is 5.89. The summed E-state index contributed by atoms with van der Waals surface area (Å²) >= 11 is 0. The van der Waals surface area contributed by atoms with E-state index in [0.717, 1.165) is 0 Å². The molecule has 7 nitrogen and oxygen atoms in total. The number of nitrogens with zero attached hydrogens (tertiary/aromatic N) is 2. The maximum Gasteiger partial charge on any atom is 0.317 e. The fourth-order valence-corrected chi connectivity index (χ4v) is 2.60. The van der Waals surface area contributed by atoms with Crippen molar-refractivity contribution in [3.05, 3.63) is 23.8 Å². The van der Waals surface area contributed by atoms with Crippen LogP contribution in [-0.4, -0.2) is 68.2 Å². The summed E-state index contributed by atoms with van der Waals surface area (Å²) in [5.41, 5.74) is 0.499. The van der Waals surface area contributed by atoms with Crippen LogP contribution in [0.2, 0.25) is 0 Å². The number of rotatable bonds is 4. The zero-order valence-corrected chi connectivity index (χ0v) is 14.7. The Bertz CT molecular complexity index is 595. The number of methoxy groups -OCH3 is 2. The van der Waals surface area contributed by atoms with Crippen LogP contribution < -0.4 is 14.8 Å². The minimum Gasteiger partial charge on any atom is -0.497 e. The molecule has 1 aliphatic rings. The van der Waals surface area contributed by atoms with E-state index < -0.39 is 0 Å². The first-order valence-electron chi connectivity index (χ1n) is 8.03. The summed E-state index contributed by atoms with van der Waals surface area (Å²) in [6.07, 6.45) is 0. The van der Waals surface area contributed by atoms with Crippen LogP contribution >= 0.6 is 0 Å². The maximum absolute atomic E-state index is 12.7. The Morgan fingerprint density at radius 3 is 2.21 bits per heavy atom. The monoisotopic (exact) mass is 335 g/mol. The smallest absolute Gasteiger partial charge is 0.317 e. The fourth-order valence-electron chi connectivity index (χ4n) is 2.60. The van der Waals surface area contributed by atoms with Crippen molar-refractivity contribution < 1.29 is 19.1 Å². The van der Waals surface area contributed by atoms with Crippen LogP contribution in [0.25, 0.3) is 0 Å². The van der Waals surface area contributed by atoms with Crippen LogP contribution in [0.1, 0.15) is 24.2 Å². The standard InChI is InChI=1S/C17H25N3O4/c1-12(2)18-17(22)20-9-7-19(8-10-20)16(21)14-6-5-13(23-3)11-15(14)24-4/h5-6,11-12H,7-10H2,1-4H3,(H,18,22). The number of hydrogen-bond donors (Lipinski definition) is 1. The number of piperazine rings is 1. The van der Waals surface area contributed by atoms with Crippen LogP contribution in [0.5, 0.6) is 11.5 Å². The predicted molar refractivity (Wildman–Crippen MR) is 90.7 cm³/mol. The lowest BCUT2D eigenvalue weighted by molar-refractivity contribution is 0.0660. The van der Waals surface area contributed by atoms with Gasteiger partial charge in [0.2, 0.25) is 0 Å². The van der Waals surface area contributed by atoms with E-state index in [4.69, 9.17) is 9.47 Å². The maximum atomic E-state index is 12.7. The number of nitrogens with one attached hydrogen (secondary N) is 1. The Balaban J connectivity index is 2.01. The lowest BCUT2D eigenvalue weighted by atomic mass is 10.1. The number of carbonyl (C=O) groups excluding carboxylic acids is 2. The Morgan fingerprint density at radius 2 is 1.67 bits per heavy atom. The van der Waals surface area contributed by atoms with E-state index in [2.05, 4.69) is 5.32 Å². The quantitative estimate of drug-likeness (QED) is 0.907. The van der Waals surface area contributed by atoms with Crippen molar-refractivity contribution in [1.82, 2.24) is 15.1 Å². The molecule has 1 saturated heterocycles. The molecule has 1 N–H and O–H groups in total. The van der Waals surface area contributed by atoms with E-state index in [1.165, 1.54) is 7.11 Å². The number of ether oxygens (including phenoxy) is 2. The SMILES string of the molecule is COc1ccc(C(=O)N2CCN(C(=O)NC(C)C)CC2)c(OC)c1. The largest absolute Gasteiger partial charge is 0.497 e. The summed E-state index contributed by atoms with van der Waals surface area (Å²) < 4.78 is 10.5. The van der Waals surface area contributed by atoms with E-state index in [9.17, 15) is 9.59 Å². The fraction of sp³-hybridized carbons (Fsp3) is 0.529. The van der Waals surface area contributed by atoms with Gasteiger partial charge in [-0.3, -0.25) is 4.79 Å². The summed E-state index contributed by atoms with van der Waals surface area (Å²) in [5, 5.41) is 2.87. The van der Waals surface area contributed by atoms with Gasteiger partial charge in [0.1, 0.15) is 11.5 Å². The van der Waals surface area contributed by atoms with Gasteiger partial charge in [-0.2, -0.15) is 0 Å². The number of benzene rings is 1. The van der Waals surface area contributed by atoms with Gasteiger partial charge >= 0.3 is 6.03 Å². The summed E-state index contributed by atoms with van der Waals surface area (Å²) in [7, 11) is 3.09. The van der Waals surface area contributed by atoms with Crippen molar-refractivity contribution in [1.29, 1.82) is 0 Å². The second-order valence-electron chi connectivity index (χ2n) is 5.95. The van der Waals surface area contributed by atoms with E-state index in [-0.39, 0.29) is 18.0 Å². The average Bonchev–Trinajstić information content (AvgIpc) is 2.60. The van der Waals surface area contributed by atoms with Gasteiger partial charge in [0.15, 0.2) is 0 Å². The van der Waals surface area contributed by atoms with Gasteiger partial charge in [-0.1, -0.05) is 0 Å². The molecule has 2 rings (SSSR count). The van der Waals surface area contributed by atoms with Gasteiger partial charge in [0.05, 0.1) is 19.8 Å². The molecule has 0 aliphatic carbocycles. The zero-order chi connectivity index (χ0) is 17.7. The van der Waals surface area contributed by atoms with Crippen molar-refractivity contribution in [2.45, 2.75) is 19.9 Å². The van der Waals surface area contributed by atoms with Crippen LogP contribution in [0.15, 0.2) is 18.2 Å². The van der Waals surface area contributed by atoms with Gasteiger partial charge in [0, 0.05) is 38.3 Å². The molecule has 0 aromatic heterocycles. The van der Waals surface area contributed by atoms with E-state index in [1.807, 2.05) is 13.8 Å². The molecule has 3 amide bonds. The highest BCUT2D eigenvalue weighted by atomic mass is 16.5. The predicted octanol–water partition coefficient (Wildman–Crippen LogP) is 1.58. The Morgan fingerprint density at radius 1 is 1.04 bits per heavy atom. The van der Waals surface area contributed by atoms with Gasteiger partial charge in [-0.15, -0.1) is 0 Å². The number of urea groups is 1. The molecule has 132 valence electrons.